The Morgan fingerprint density at radius 2 is 1.94 bits per heavy atom. The molecule has 9 nitrogen and oxygen atoms in total. The van der Waals surface area contributed by atoms with Crippen molar-refractivity contribution in [3.63, 3.8) is 0 Å². The quantitative estimate of drug-likeness (QED) is 0.251. The van der Waals surface area contributed by atoms with Crippen LogP contribution in [-0.4, -0.2) is 27.0 Å². The lowest BCUT2D eigenvalue weighted by molar-refractivity contribution is -0.402. The van der Waals surface area contributed by atoms with Gasteiger partial charge in [0.1, 0.15) is 4.92 Å². The Hall–Kier alpha value is -4.11. The van der Waals surface area contributed by atoms with Crippen molar-refractivity contribution in [2.45, 2.75) is 6.92 Å². The van der Waals surface area contributed by atoms with Gasteiger partial charge in [-0.25, -0.2) is 9.97 Å². The molecule has 4 rings (SSSR count). The summed E-state index contributed by atoms with van der Waals surface area (Å²) in [6, 6.07) is 17.2. The van der Waals surface area contributed by atoms with Gasteiger partial charge in [0.05, 0.1) is 23.5 Å². The number of hydrogen-bond acceptors (Lipinski definition) is 7. The van der Waals surface area contributed by atoms with Gasteiger partial charge in [-0.2, -0.15) is 10.1 Å². The summed E-state index contributed by atoms with van der Waals surface area (Å²) in [6.45, 7) is 1.31. The monoisotopic (exact) mass is 435 g/mol. The van der Waals surface area contributed by atoms with Crippen LogP contribution in [0.25, 0.3) is 22.2 Å². The van der Waals surface area contributed by atoms with E-state index >= 15 is 0 Å². The zero-order chi connectivity index (χ0) is 22.0. The Morgan fingerprint density at radius 1 is 1.16 bits per heavy atom. The number of benzene rings is 2. The first-order valence-electron chi connectivity index (χ1n) is 9.04. The largest absolute Gasteiger partial charge is 0.433 e. The number of nitro groups is 1. The Morgan fingerprint density at radius 3 is 2.61 bits per heavy atom. The molecule has 2 aromatic heterocycles. The van der Waals surface area contributed by atoms with Gasteiger partial charge in [0.15, 0.2) is 5.76 Å². The summed E-state index contributed by atoms with van der Waals surface area (Å²) in [5.41, 5.74) is 1.97. The summed E-state index contributed by atoms with van der Waals surface area (Å²) < 4.78 is 5.05. The third-order valence-electron chi connectivity index (χ3n) is 4.27. The van der Waals surface area contributed by atoms with Gasteiger partial charge >= 0.3 is 5.88 Å². The molecule has 0 fully saturated rings. The van der Waals surface area contributed by atoms with Crippen LogP contribution >= 0.6 is 11.6 Å². The lowest BCUT2D eigenvalue weighted by Crippen LogP contribution is -2.24. The maximum Gasteiger partial charge on any atom is 0.433 e. The molecule has 2 heterocycles. The van der Waals surface area contributed by atoms with Gasteiger partial charge < -0.3 is 4.42 Å². The molecule has 0 aliphatic carbocycles. The molecule has 0 saturated carbocycles. The summed E-state index contributed by atoms with van der Waals surface area (Å²) >= 11 is 6.17. The fraction of sp³-hybridized carbons (Fsp3) is 0.0476. The topological polar surface area (TPSA) is 115 Å². The molecule has 154 valence electrons. The minimum absolute atomic E-state index is 0.0403. The number of hydrogen-bond donors (Lipinski definition) is 0. The predicted molar refractivity (Wildman–Crippen MR) is 116 cm³/mol. The first-order chi connectivity index (χ1) is 14.9. The minimum atomic E-state index is -0.663. The third kappa shape index (κ3) is 4.26. The maximum atomic E-state index is 12.3. The van der Waals surface area contributed by atoms with E-state index in [1.807, 2.05) is 30.3 Å². The Bertz CT molecular complexity index is 1320. The summed E-state index contributed by atoms with van der Waals surface area (Å²) in [4.78, 5) is 31.4. The van der Waals surface area contributed by atoms with E-state index in [2.05, 4.69) is 15.1 Å². The van der Waals surface area contributed by atoms with Crippen LogP contribution in [0.4, 0.5) is 11.8 Å². The molecule has 10 heteroatoms. The third-order valence-corrected chi connectivity index (χ3v) is 4.51. The average Bonchev–Trinajstić information content (AvgIpc) is 3.23. The van der Waals surface area contributed by atoms with E-state index in [-0.39, 0.29) is 11.7 Å². The van der Waals surface area contributed by atoms with Crippen LogP contribution < -0.4 is 5.01 Å². The molecule has 0 aliphatic heterocycles. The van der Waals surface area contributed by atoms with E-state index < -0.39 is 16.7 Å². The molecular weight excluding hydrogens is 422 g/mol. The zero-order valence-corrected chi connectivity index (χ0v) is 16.9. The number of rotatable bonds is 5. The molecule has 0 bridgehead atoms. The van der Waals surface area contributed by atoms with Gasteiger partial charge in [-0.3, -0.25) is 14.9 Å². The van der Waals surface area contributed by atoms with Crippen LogP contribution in [0.2, 0.25) is 5.02 Å². The summed E-state index contributed by atoms with van der Waals surface area (Å²) in [6.07, 6.45) is 1.19. The fourth-order valence-electron chi connectivity index (χ4n) is 2.90. The fourth-order valence-corrected chi connectivity index (χ4v) is 3.07. The van der Waals surface area contributed by atoms with Gasteiger partial charge in [0.25, 0.3) is 5.95 Å². The lowest BCUT2D eigenvalue weighted by atomic mass is 10.1. The second-order valence-corrected chi connectivity index (χ2v) is 6.84. The van der Waals surface area contributed by atoms with Crippen molar-refractivity contribution in [3.8, 4) is 11.3 Å². The molecule has 0 radical (unpaired) electrons. The van der Waals surface area contributed by atoms with E-state index in [0.29, 0.717) is 16.2 Å². The average molecular weight is 436 g/mol. The molecule has 0 atom stereocenters. The number of furan rings is 1. The number of carbonyl (C=O) groups is 1. The van der Waals surface area contributed by atoms with E-state index in [1.165, 1.54) is 25.3 Å². The number of carbonyl (C=O) groups excluding carboxylic acids is 1. The maximum absolute atomic E-state index is 12.3. The van der Waals surface area contributed by atoms with Gasteiger partial charge in [-0.05, 0) is 24.3 Å². The van der Waals surface area contributed by atoms with Gasteiger partial charge in [0, 0.05) is 22.9 Å². The van der Waals surface area contributed by atoms with E-state index in [0.717, 1.165) is 16.0 Å². The van der Waals surface area contributed by atoms with Gasteiger partial charge in [-0.15, -0.1) is 0 Å². The standard InChI is InChI=1S/C21H14ClN5O4/c1-13(28)26(23-12-16-8-10-19(31-16)27(29)30)21-24-18-9-7-15(22)11-17(18)20(25-21)14-5-3-2-4-6-14/h2-12H,1H3/b23-12-. The van der Waals surface area contributed by atoms with Crippen LogP contribution in [-0.2, 0) is 4.79 Å². The van der Waals surface area contributed by atoms with Gasteiger partial charge in [-0.1, -0.05) is 41.9 Å². The molecule has 0 unspecified atom stereocenters. The highest BCUT2D eigenvalue weighted by atomic mass is 35.5. The van der Waals surface area contributed by atoms with E-state index in [1.54, 1.807) is 18.2 Å². The van der Waals surface area contributed by atoms with Crippen LogP contribution in [0, 0.1) is 10.1 Å². The normalized spacial score (nSPS) is 11.2. The zero-order valence-electron chi connectivity index (χ0n) is 16.1. The lowest BCUT2D eigenvalue weighted by Gasteiger charge is -2.15. The number of anilines is 1. The smallest absolute Gasteiger partial charge is 0.400 e. The Kier molecular flexibility index (Phi) is 5.42. The molecular formula is C21H14ClN5O4. The molecule has 0 saturated heterocycles. The van der Waals surface area contributed by atoms with E-state index in [4.69, 9.17) is 16.0 Å². The highest BCUT2D eigenvalue weighted by Gasteiger charge is 2.18. The summed E-state index contributed by atoms with van der Waals surface area (Å²) in [5.74, 6) is -0.738. The summed E-state index contributed by atoms with van der Waals surface area (Å²) in [7, 11) is 0. The first-order valence-corrected chi connectivity index (χ1v) is 9.42. The van der Waals surface area contributed by atoms with Crippen molar-refractivity contribution in [2.75, 3.05) is 5.01 Å². The predicted octanol–water partition coefficient (Wildman–Crippen LogP) is 4.84. The number of amides is 1. The Labute approximate surface area is 180 Å². The summed E-state index contributed by atoms with van der Waals surface area (Å²) in [5, 5.41) is 17.1. The van der Waals surface area contributed by atoms with Crippen molar-refractivity contribution in [1.29, 1.82) is 0 Å². The highest BCUT2D eigenvalue weighted by Crippen LogP contribution is 2.30. The molecule has 0 N–H and O–H groups in total. The van der Waals surface area contributed by atoms with Crippen LogP contribution in [0.15, 0.2) is 70.2 Å². The molecule has 0 spiro atoms. The number of nitrogens with zero attached hydrogens (tertiary/aromatic N) is 5. The first kappa shape index (κ1) is 20.2. The van der Waals surface area contributed by atoms with Crippen LogP contribution in [0.3, 0.4) is 0 Å². The molecule has 0 aliphatic rings. The second-order valence-electron chi connectivity index (χ2n) is 6.41. The minimum Gasteiger partial charge on any atom is -0.400 e. The van der Waals surface area contributed by atoms with Crippen LogP contribution in [0.1, 0.15) is 12.7 Å². The second kappa shape index (κ2) is 8.33. The van der Waals surface area contributed by atoms with Crippen molar-refractivity contribution in [3.05, 3.63) is 81.6 Å². The molecule has 2 aromatic carbocycles. The molecule has 1 amide bonds. The van der Waals surface area contributed by atoms with Crippen molar-refractivity contribution < 1.29 is 14.1 Å². The number of halogens is 1. The van der Waals surface area contributed by atoms with Crippen molar-refractivity contribution in [2.24, 2.45) is 5.10 Å². The number of hydrazone groups is 1. The van der Waals surface area contributed by atoms with Crippen molar-refractivity contribution in [1.82, 2.24) is 9.97 Å². The van der Waals surface area contributed by atoms with Crippen LogP contribution in [0.5, 0.6) is 0 Å². The molecule has 4 aromatic rings. The number of fused-ring (bicyclic) bond motifs is 1. The SMILES string of the molecule is CC(=O)N(/N=C\c1ccc([N+](=O)[O-])o1)c1nc(-c2ccccc2)c2cc(Cl)ccc2n1. The number of aromatic nitrogens is 2. The highest BCUT2D eigenvalue weighted by molar-refractivity contribution is 6.31. The van der Waals surface area contributed by atoms with Crippen molar-refractivity contribution >= 4 is 46.5 Å². The van der Waals surface area contributed by atoms with Gasteiger partial charge in [0.2, 0.25) is 5.91 Å². The van der Waals surface area contributed by atoms with E-state index in [9.17, 15) is 14.9 Å². The Balaban J connectivity index is 1.82. The molecule has 31 heavy (non-hydrogen) atoms.